The predicted octanol–water partition coefficient (Wildman–Crippen LogP) is -2.10. The van der Waals surface area contributed by atoms with E-state index in [0.29, 0.717) is 0 Å². The van der Waals surface area contributed by atoms with Crippen LogP contribution in [0.15, 0.2) is 0 Å². The lowest BCUT2D eigenvalue weighted by Gasteiger charge is -2.02. The van der Waals surface area contributed by atoms with Crippen molar-refractivity contribution < 1.29 is 29.3 Å². The van der Waals surface area contributed by atoms with E-state index < -0.39 is 30.4 Å². The largest absolute Gasteiger partial charge is 0.422 e. The molecule has 0 aliphatic rings. The van der Waals surface area contributed by atoms with Gasteiger partial charge >= 0.3 is 11.9 Å². The minimum atomic E-state index is -1.43. The molecule has 0 radical (unpaired) electrons. The maximum Gasteiger partial charge on any atom is 0.422 e. The van der Waals surface area contributed by atoms with Crippen molar-refractivity contribution in [2.24, 2.45) is 5.73 Å². The fraction of sp³-hybridized carbons (Fsp3) is 0.500. The van der Waals surface area contributed by atoms with E-state index in [2.05, 4.69) is 9.78 Å². The maximum atomic E-state index is 10.5. The maximum absolute atomic E-state index is 10.5. The summed E-state index contributed by atoms with van der Waals surface area (Å²) < 4.78 is 0. The van der Waals surface area contributed by atoms with Gasteiger partial charge in [0, 0.05) is 0 Å². The normalized spacial score (nSPS) is 11.6. The Bertz CT molecular complexity index is 223. The third-order valence-electron chi connectivity index (χ3n) is 0.954. The van der Waals surface area contributed by atoms with Crippen LogP contribution in [0, 0.1) is 0 Å². The lowest BCUT2D eigenvalue weighted by molar-refractivity contribution is -0.261. The number of ketones is 1. The molecule has 0 fully saturated rings. The quantitative estimate of drug-likeness (QED) is 0.298. The number of aliphatic hydroxyl groups is 1. The number of rotatable bonds is 3. The lowest BCUT2D eigenvalue weighted by Crippen LogP contribution is -2.28. The van der Waals surface area contributed by atoms with Crippen LogP contribution in [-0.2, 0) is 24.2 Å². The molecule has 0 rings (SSSR count). The van der Waals surface area contributed by atoms with Crippen LogP contribution < -0.4 is 5.73 Å². The molecule has 0 amide bonds. The molecular formula is C6H9NO6. The van der Waals surface area contributed by atoms with Crippen molar-refractivity contribution in [2.45, 2.75) is 13.0 Å². The van der Waals surface area contributed by atoms with Gasteiger partial charge in [-0.1, -0.05) is 0 Å². The third-order valence-corrected chi connectivity index (χ3v) is 0.954. The first-order chi connectivity index (χ1) is 5.99. The molecule has 13 heavy (non-hydrogen) atoms. The molecule has 0 heterocycles. The van der Waals surface area contributed by atoms with E-state index >= 15 is 0 Å². The number of hydrogen-bond donors (Lipinski definition) is 2. The van der Waals surface area contributed by atoms with Gasteiger partial charge in [0.2, 0.25) is 0 Å². The first kappa shape index (κ1) is 11.5. The Kier molecular flexibility index (Phi) is 4.63. The van der Waals surface area contributed by atoms with Crippen molar-refractivity contribution in [3.8, 4) is 0 Å². The van der Waals surface area contributed by atoms with Gasteiger partial charge in [0.1, 0.15) is 0 Å². The van der Waals surface area contributed by atoms with Crippen LogP contribution in [0.3, 0.4) is 0 Å². The van der Waals surface area contributed by atoms with Gasteiger partial charge in [-0.2, -0.15) is 0 Å². The van der Waals surface area contributed by atoms with Crippen LogP contribution in [0.2, 0.25) is 0 Å². The van der Waals surface area contributed by atoms with E-state index in [9.17, 15) is 14.4 Å². The van der Waals surface area contributed by atoms with Crippen molar-refractivity contribution in [1.82, 2.24) is 0 Å². The van der Waals surface area contributed by atoms with Crippen molar-refractivity contribution >= 4 is 17.7 Å². The Labute approximate surface area is 73.3 Å². The lowest BCUT2D eigenvalue weighted by atomic mass is 10.4. The number of carbonyl (C=O) groups is 3. The highest BCUT2D eigenvalue weighted by molar-refractivity contribution is 6.34. The number of hydrogen-bond acceptors (Lipinski definition) is 7. The molecular weight excluding hydrogens is 182 g/mol. The van der Waals surface area contributed by atoms with E-state index in [0.717, 1.165) is 6.92 Å². The van der Waals surface area contributed by atoms with Gasteiger partial charge in [-0.15, -0.1) is 0 Å². The fourth-order valence-corrected chi connectivity index (χ4v) is 0.278. The van der Waals surface area contributed by atoms with E-state index in [1.807, 2.05) is 0 Å². The van der Waals surface area contributed by atoms with Gasteiger partial charge in [0.05, 0.1) is 6.54 Å². The van der Waals surface area contributed by atoms with Gasteiger partial charge in [0.25, 0.3) is 5.78 Å². The summed E-state index contributed by atoms with van der Waals surface area (Å²) in [6.07, 6.45) is -1.43. The average molecular weight is 191 g/mol. The Morgan fingerprint density at radius 1 is 1.38 bits per heavy atom. The fourth-order valence-electron chi connectivity index (χ4n) is 0.278. The van der Waals surface area contributed by atoms with Gasteiger partial charge in [-0.3, -0.25) is 4.79 Å². The summed E-state index contributed by atoms with van der Waals surface area (Å²) in [6.45, 7) is 0.575. The van der Waals surface area contributed by atoms with E-state index in [4.69, 9.17) is 10.8 Å². The molecule has 1 unspecified atom stereocenters. The molecule has 1 atom stereocenters. The minimum Gasteiger partial charge on any atom is -0.382 e. The van der Waals surface area contributed by atoms with Crippen LogP contribution in [0.1, 0.15) is 6.92 Å². The number of Topliss-reactive ketones (excluding diaryl/α,β-unsaturated/α-hetero) is 1. The zero-order valence-electron chi connectivity index (χ0n) is 6.85. The second kappa shape index (κ2) is 5.22. The highest BCUT2D eigenvalue weighted by Crippen LogP contribution is 1.89. The zero-order valence-corrected chi connectivity index (χ0v) is 6.85. The summed E-state index contributed by atoms with van der Waals surface area (Å²) in [5, 5.41) is 8.55. The van der Waals surface area contributed by atoms with Crippen LogP contribution in [-0.4, -0.2) is 35.5 Å². The Balaban J connectivity index is 3.84. The van der Waals surface area contributed by atoms with Crippen molar-refractivity contribution in [3.63, 3.8) is 0 Å². The predicted molar refractivity (Wildman–Crippen MR) is 37.9 cm³/mol. The molecule has 7 heteroatoms. The molecule has 0 saturated heterocycles. The molecule has 0 aromatic heterocycles. The summed E-state index contributed by atoms with van der Waals surface area (Å²) >= 11 is 0. The smallest absolute Gasteiger partial charge is 0.382 e. The molecule has 74 valence electrons. The average Bonchev–Trinajstić information content (AvgIpc) is 2.11. The van der Waals surface area contributed by atoms with Crippen LogP contribution >= 0.6 is 0 Å². The molecule has 7 nitrogen and oxygen atoms in total. The summed E-state index contributed by atoms with van der Waals surface area (Å²) in [4.78, 5) is 38.9. The Morgan fingerprint density at radius 3 is 2.31 bits per heavy atom. The summed E-state index contributed by atoms with van der Waals surface area (Å²) in [7, 11) is 0. The SMILES string of the molecule is CC(O)C(=O)OOC(=O)C(=O)CN. The van der Waals surface area contributed by atoms with Crippen LogP contribution in [0.25, 0.3) is 0 Å². The molecule has 0 aromatic carbocycles. The standard InChI is InChI=1S/C6H9NO6/c1-3(8)5(10)12-13-6(11)4(9)2-7/h3,8H,2,7H2,1H3. The van der Waals surface area contributed by atoms with Crippen molar-refractivity contribution in [1.29, 1.82) is 0 Å². The minimum absolute atomic E-state index is 0.537. The topological polar surface area (TPSA) is 116 Å². The highest BCUT2D eigenvalue weighted by atomic mass is 17.2. The molecule has 0 aliphatic carbocycles. The summed E-state index contributed by atoms with van der Waals surface area (Å²) in [5.74, 6) is -3.58. The first-order valence-electron chi connectivity index (χ1n) is 3.32. The van der Waals surface area contributed by atoms with Gasteiger partial charge in [-0.05, 0) is 6.92 Å². The van der Waals surface area contributed by atoms with Crippen molar-refractivity contribution in [2.75, 3.05) is 6.54 Å². The summed E-state index contributed by atoms with van der Waals surface area (Å²) in [5.41, 5.74) is 4.80. The molecule has 0 spiro atoms. The zero-order chi connectivity index (χ0) is 10.4. The Morgan fingerprint density at radius 2 is 1.92 bits per heavy atom. The summed E-state index contributed by atoms with van der Waals surface area (Å²) in [6, 6.07) is 0. The number of aliphatic hydroxyl groups excluding tert-OH is 1. The molecule has 0 aliphatic heterocycles. The van der Waals surface area contributed by atoms with Crippen LogP contribution in [0.4, 0.5) is 0 Å². The van der Waals surface area contributed by atoms with Gasteiger partial charge in [0.15, 0.2) is 6.10 Å². The molecule has 0 aromatic rings. The Hall–Kier alpha value is -1.47. The first-order valence-corrected chi connectivity index (χ1v) is 3.32. The second-order valence-corrected chi connectivity index (χ2v) is 2.08. The monoisotopic (exact) mass is 191 g/mol. The number of carbonyl (C=O) groups excluding carboxylic acids is 3. The van der Waals surface area contributed by atoms with Gasteiger partial charge < -0.3 is 10.8 Å². The third kappa shape index (κ3) is 4.19. The second-order valence-electron chi connectivity index (χ2n) is 2.08. The highest BCUT2D eigenvalue weighted by Gasteiger charge is 2.19. The van der Waals surface area contributed by atoms with Crippen molar-refractivity contribution in [3.05, 3.63) is 0 Å². The molecule has 3 N–H and O–H groups in total. The van der Waals surface area contributed by atoms with Crippen LogP contribution in [0.5, 0.6) is 0 Å². The number of nitrogens with two attached hydrogens (primary N) is 1. The van der Waals surface area contributed by atoms with Gasteiger partial charge in [-0.25, -0.2) is 19.4 Å². The van der Waals surface area contributed by atoms with E-state index in [1.54, 1.807) is 0 Å². The van der Waals surface area contributed by atoms with E-state index in [1.165, 1.54) is 0 Å². The molecule has 0 bridgehead atoms. The molecule has 0 saturated carbocycles. The van der Waals surface area contributed by atoms with E-state index in [-0.39, 0.29) is 0 Å².